The Morgan fingerprint density at radius 3 is 2.59 bits per heavy atom. The van der Waals surface area contributed by atoms with E-state index in [1.165, 1.54) is 76.2 Å². The molecule has 4 aliphatic carbocycles. The lowest BCUT2D eigenvalue weighted by atomic mass is 9.61. The lowest BCUT2D eigenvalue weighted by Gasteiger charge is -2.44. The Morgan fingerprint density at radius 2 is 1.89 bits per heavy atom. The number of hydrogen-bond donors (Lipinski definition) is 1. The molecule has 3 saturated carbocycles. The largest absolute Gasteiger partial charge is 0.308 e. The third kappa shape index (κ3) is 3.74. The summed E-state index contributed by atoms with van der Waals surface area (Å²) in [6.07, 6.45) is 17.8. The summed E-state index contributed by atoms with van der Waals surface area (Å²) >= 11 is 0. The van der Waals surface area contributed by atoms with E-state index in [1.807, 2.05) is 0 Å². The van der Waals surface area contributed by atoms with Crippen molar-refractivity contribution >= 4 is 0 Å². The quantitative estimate of drug-likeness (QED) is 0.522. The Kier molecular flexibility index (Phi) is 4.98. The van der Waals surface area contributed by atoms with Crippen molar-refractivity contribution in [3.05, 3.63) is 34.9 Å². The summed E-state index contributed by atoms with van der Waals surface area (Å²) in [5.74, 6) is 0.705. The highest BCUT2D eigenvalue weighted by Gasteiger charge is 2.46. The highest BCUT2D eigenvalue weighted by Crippen LogP contribution is 2.55. The molecule has 1 N–H and O–H groups in total. The minimum absolute atomic E-state index is 0.363. The van der Waals surface area contributed by atoms with Gasteiger partial charge < -0.3 is 5.32 Å². The van der Waals surface area contributed by atoms with E-state index in [1.54, 1.807) is 16.7 Å². The molecule has 27 heavy (non-hydrogen) atoms. The van der Waals surface area contributed by atoms with E-state index in [0.29, 0.717) is 22.3 Å². The summed E-state index contributed by atoms with van der Waals surface area (Å²) in [6, 6.07) is 0. The summed E-state index contributed by atoms with van der Waals surface area (Å²) < 4.78 is 0. The van der Waals surface area contributed by atoms with E-state index in [9.17, 15) is 0 Å². The standard InChI is InChI=1S/C26H41N/c1-19(2)22-8-11-24(4)16-21(14-20(3)23(24)15-22)17-27-25(5)12-13-26(18-25)9-6-7-10-26/h14,22,27H,1,6-13,15-18H2,2-5H3/t22-,24+,25+/m1/s1. The van der Waals surface area contributed by atoms with Crippen LogP contribution in [0.25, 0.3) is 0 Å². The van der Waals surface area contributed by atoms with Crippen LogP contribution in [0.5, 0.6) is 0 Å². The lowest BCUT2D eigenvalue weighted by Crippen LogP contribution is -2.43. The van der Waals surface area contributed by atoms with Gasteiger partial charge in [-0.25, -0.2) is 0 Å². The molecule has 0 saturated heterocycles. The van der Waals surface area contributed by atoms with Gasteiger partial charge in [-0.2, -0.15) is 0 Å². The SMILES string of the molecule is C=C(C)[C@@H]1CC[C@@]2(C)CC(CN[C@@]3(C)CCC4(CCCC4)C3)=CC(C)=C2C1. The van der Waals surface area contributed by atoms with Gasteiger partial charge in [-0.05, 0) is 95.3 Å². The first-order valence-electron chi connectivity index (χ1n) is 11.5. The molecule has 0 unspecified atom stereocenters. The summed E-state index contributed by atoms with van der Waals surface area (Å²) in [5.41, 5.74) is 7.74. The van der Waals surface area contributed by atoms with Crippen LogP contribution >= 0.6 is 0 Å². The van der Waals surface area contributed by atoms with Crippen LogP contribution in [0.3, 0.4) is 0 Å². The summed E-state index contributed by atoms with van der Waals surface area (Å²) in [4.78, 5) is 0. The molecule has 0 bridgehead atoms. The van der Waals surface area contributed by atoms with Crippen LogP contribution in [0, 0.1) is 16.7 Å². The van der Waals surface area contributed by atoms with Crippen molar-refractivity contribution in [2.75, 3.05) is 6.54 Å². The Bertz CT molecular complexity index is 674. The molecule has 0 aromatic heterocycles. The smallest absolute Gasteiger partial charge is 0.0173 e. The number of hydrogen-bond acceptors (Lipinski definition) is 1. The van der Waals surface area contributed by atoms with Gasteiger partial charge in [0.1, 0.15) is 0 Å². The van der Waals surface area contributed by atoms with Crippen LogP contribution in [0.15, 0.2) is 34.9 Å². The van der Waals surface area contributed by atoms with Gasteiger partial charge in [-0.15, -0.1) is 0 Å². The lowest BCUT2D eigenvalue weighted by molar-refractivity contribution is 0.249. The molecule has 1 nitrogen and oxygen atoms in total. The highest BCUT2D eigenvalue weighted by atomic mass is 15.0. The van der Waals surface area contributed by atoms with E-state index >= 15 is 0 Å². The maximum Gasteiger partial charge on any atom is 0.0173 e. The predicted molar refractivity (Wildman–Crippen MR) is 117 cm³/mol. The van der Waals surface area contributed by atoms with Crippen molar-refractivity contribution in [1.29, 1.82) is 0 Å². The van der Waals surface area contributed by atoms with E-state index in [0.717, 1.165) is 6.54 Å². The molecule has 4 aliphatic rings. The average molecular weight is 368 g/mol. The minimum Gasteiger partial charge on any atom is -0.308 e. The molecule has 1 spiro atoms. The highest BCUT2D eigenvalue weighted by molar-refractivity contribution is 5.39. The van der Waals surface area contributed by atoms with Gasteiger partial charge in [0, 0.05) is 12.1 Å². The summed E-state index contributed by atoms with van der Waals surface area (Å²) in [5, 5.41) is 4.03. The second-order valence-corrected chi connectivity index (χ2v) is 11.3. The number of rotatable bonds is 4. The van der Waals surface area contributed by atoms with E-state index < -0.39 is 0 Å². The molecule has 0 aromatic carbocycles. The Balaban J connectivity index is 1.43. The molecule has 0 aromatic rings. The first-order valence-corrected chi connectivity index (χ1v) is 11.5. The van der Waals surface area contributed by atoms with Crippen LogP contribution < -0.4 is 5.32 Å². The first kappa shape index (κ1) is 19.5. The molecule has 3 atom stereocenters. The van der Waals surface area contributed by atoms with Crippen LogP contribution in [-0.4, -0.2) is 12.1 Å². The molecule has 1 heteroatoms. The molecular formula is C26H41N. The fourth-order valence-corrected chi connectivity index (χ4v) is 7.13. The zero-order valence-corrected chi connectivity index (χ0v) is 18.3. The maximum atomic E-state index is 4.24. The van der Waals surface area contributed by atoms with Crippen LogP contribution in [0.2, 0.25) is 0 Å². The predicted octanol–water partition coefficient (Wildman–Crippen LogP) is 7.11. The fourth-order valence-electron chi connectivity index (χ4n) is 7.13. The Labute approximate surface area is 167 Å². The van der Waals surface area contributed by atoms with E-state index in [-0.39, 0.29) is 0 Å². The second kappa shape index (κ2) is 6.90. The molecule has 0 amide bonds. The molecule has 0 heterocycles. The third-order valence-corrected chi connectivity index (χ3v) is 8.81. The first-order chi connectivity index (χ1) is 12.7. The summed E-state index contributed by atoms with van der Waals surface area (Å²) in [7, 11) is 0. The molecular weight excluding hydrogens is 326 g/mol. The Hall–Kier alpha value is -0.820. The van der Waals surface area contributed by atoms with Crippen molar-refractivity contribution < 1.29 is 0 Å². The molecule has 150 valence electrons. The van der Waals surface area contributed by atoms with Gasteiger partial charge in [0.05, 0.1) is 0 Å². The molecule has 0 radical (unpaired) electrons. The van der Waals surface area contributed by atoms with Crippen LogP contribution in [0.4, 0.5) is 0 Å². The summed E-state index contributed by atoms with van der Waals surface area (Å²) in [6.45, 7) is 14.9. The van der Waals surface area contributed by atoms with Gasteiger partial charge in [0.15, 0.2) is 0 Å². The maximum absolute atomic E-state index is 4.24. The van der Waals surface area contributed by atoms with Crippen molar-refractivity contribution in [2.45, 2.75) is 104 Å². The third-order valence-electron chi connectivity index (χ3n) is 8.81. The van der Waals surface area contributed by atoms with Crippen molar-refractivity contribution in [3.63, 3.8) is 0 Å². The van der Waals surface area contributed by atoms with Crippen LogP contribution in [-0.2, 0) is 0 Å². The normalized spacial score (nSPS) is 38.2. The van der Waals surface area contributed by atoms with E-state index in [4.69, 9.17) is 0 Å². The van der Waals surface area contributed by atoms with Crippen molar-refractivity contribution in [1.82, 2.24) is 5.32 Å². The van der Waals surface area contributed by atoms with Crippen molar-refractivity contribution in [3.8, 4) is 0 Å². The van der Waals surface area contributed by atoms with Gasteiger partial charge >= 0.3 is 0 Å². The molecule has 4 rings (SSSR count). The number of allylic oxidation sites excluding steroid dienone is 4. The monoisotopic (exact) mass is 367 g/mol. The Morgan fingerprint density at radius 1 is 1.15 bits per heavy atom. The minimum atomic E-state index is 0.363. The molecule has 3 fully saturated rings. The molecule has 0 aliphatic heterocycles. The zero-order chi connectivity index (χ0) is 19.3. The topological polar surface area (TPSA) is 12.0 Å². The van der Waals surface area contributed by atoms with E-state index in [2.05, 4.69) is 45.7 Å². The zero-order valence-electron chi connectivity index (χ0n) is 18.3. The number of fused-ring (bicyclic) bond motifs is 1. The van der Waals surface area contributed by atoms with Gasteiger partial charge in [-0.1, -0.05) is 54.7 Å². The van der Waals surface area contributed by atoms with Crippen molar-refractivity contribution in [2.24, 2.45) is 16.7 Å². The van der Waals surface area contributed by atoms with Gasteiger partial charge in [-0.3, -0.25) is 0 Å². The average Bonchev–Trinajstić information content (AvgIpc) is 3.19. The van der Waals surface area contributed by atoms with Gasteiger partial charge in [0.2, 0.25) is 0 Å². The second-order valence-electron chi connectivity index (χ2n) is 11.3. The van der Waals surface area contributed by atoms with Gasteiger partial charge in [0.25, 0.3) is 0 Å². The number of nitrogens with one attached hydrogen (secondary N) is 1. The van der Waals surface area contributed by atoms with Crippen LogP contribution in [0.1, 0.15) is 98.3 Å². The fraction of sp³-hybridized carbons (Fsp3) is 0.769.